The number of rotatable bonds is 3. The normalized spacial score (nSPS) is 12.8. The lowest BCUT2D eigenvalue weighted by molar-refractivity contribution is 0.903. The van der Waals surface area contributed by atoms with Crippen LogP contribution in [0.2, 0.25) is 0 Å². The molecule has 0 amide bonds. The molecule has 1 aliphatic carbocycles. The SMILES string of the molecule is N#Cc1nc(-n2c3ccccc3c3ccccc32)c(-n2c3c(c4ccccc42)=CCCC=3)c(-n2c3ccccc3c3ccccc32)n1. The van der Waals surface area contributed by atoms with Gasteiger partial charge >= 0.3 is 0 Å². The van der Waals surface area contributed by atoms with Crippen molar-refractivity contribution >= 4 is 66.7 Å². The van der Waals surface area contributed by atoms with Gasteiger partial charge in [-0.25, -0.2) is 0 Å². The van der Waals surface area contributed by atoms with Gasteiger partial charge < -0.3 is 4.57 Å². The molecule has 6 nitrogen and oxygen atoms in total. The van der Waals surface area contributed by atoms with Gasteiger partial charge in [0.2, 0.25) is 5.82 Å². The summed E-state index contributed by atoms with van der Waals surface area (Å²) in [5.41, 5.74) is 5.98. The zero-order chi connectivity index (χ0) is 31.1. The van der Waals surface area contributed by atoms with E-state index in [4.69, 9.17) is 9.97 Å². The molecule has 220 valence electrons. The molecule has 0 aliphatic heterocycles. The number of nitrogens with zero attached hydrogens (tertiary/aromatic N) is 6. The molecule has 4 heterocycles. The van der Waals surface area contributed by atoms with Crippen LogP contribution >= 0.6 is 0 Å². The second kappa shape index (κ2) is 9.77. The van der Waals surface area contributed by atoms with Gasteiger partial charge in [0.15, 0.2) is 11.6 Å². The summed E-state index contributed by atoms with van der Waals surface area (Å²) < 4.78 is 6.76. The van der Waals surface area contributed by atoms with Crippen LogP contribution < -0.4 is 10.6 Å². The minimum atomic E-state index is 0.114. The van der Waals surface area contributed by atoms with Gasteiger partial charge in [0.05, 0.1) is 32.9 Å². The van der Waals surface area contributed by atoms with Crippen LogP contribution in [0.1, 0.15) is 18.7 Å². The molecular weight excluding hydrogens is 576 g/mol. The molecule has 47 heavy (non-hydrogen) atoms. The summed E-state index contributed by atoms with van der Waals surface area (Å²) in [5, 5.41) is 18.5. The van der Waals surface area contributed by atoms with Crippen molar-refractivity contribution in [2.45, 2.75) is 12.8 Å². The first-order valence-corrected chi connectivity index (χ1v) is 15.9. The quantitative estimate of drug-likeness (QED) is 0.207. The second-order valence-electron chi connectivity index (χ2n) is 12.0. The first-order valence-electron chi connectivity index (χ1n) is 15.9. The smallest absolute Gasteiger partial charge is 0.236 e. The molecule has 9 aromatic rings. The van der Waals surface area contributed by atoms with Crippen LogP contribution in [0.3, 0.4) is 0 Å². The van der Waals surface area contributed by atoms with Crippen LogP contribution in [0.15, 0.2) is 121 Å². The van der Waals surface area contributed by atoms with Crippen LogP contribution in [-0.2, 0) is 0 Å². The predicted octanol–water partition coefficient (Wildman–Crippen LogP) is 7.84. The van der Waals surface area contributed by atoms with Gasteiger partial charge in [-0.3, -0.25) is 9.13 Å². The molecule has 0 N–H and O–H groups in total. The highest BCUT2D eigenvalue weighted by molar-refractivity contribution is 6.11. The van der Waals surface area contributed by atoms with Crippen molar-refractivity contribution in [3.63, 3.8) is 0 Å². The first-order chi connectivity index (χ1) is 23.3. The van der Waals surface area contributed by atoms with Crippen molar-refractivity contribution in [1.82, 2.24) is 23.7 Å². The fraction of sp³-hybridized carbons (Fsp3) is 0.0488. The van der Waals surface area contributed by atoms with Gasteiger partial charge in [-0.1, -0.05) is 103 Å². The maximum Gasteiger partial charge on any atom is 0.236 e. The summed E-state index contributed by atoms with van der Waals surface area (Å²) in [6.45, 7) is 0. The second-order valence-corrected chi connectivity index (χ2v) is 12.0. The number of aromatic nitrogens is 5. The Labute approximate surface area is 269 Å². The van der Waals surface area contributed by atoms with E-state index in [1.807, 2.05) is 0 Å². The first kappa shape index (κ1) is 25.8. The number of fused-ring (bicyclic) bond motifs is 9. The summed E-state index contributed by atoms with van der Waals surface area (Å²) in [6.07, 6.45) is 6.61. The summed E-state index contributed by atoms with van der Waals surface area (Å²) in [7, 11) is 0. The van der Waals surface area contributed by atoms with Gasteiger partial charge in [0.25, 0.3) is 0 Å². The lowest BCUT2D eigenvalue weighted by Crippen LogP contribution is -2.31. The van der Waals surface area contributed by atoms with E-state index in [2.05, 4.69) is 153 Å². The summed E-state index contributed by atoms with van der Waals surface area (Å²) in [4.78, 5) is 10.2. The average molecular weight is 603 g/mol. The Kier molecular flexibility index (Phi) is 5.37. The molecule has 4 aromatic heterocycles. The van der Waals surface area contributed by atoms with E-state index in [0.717, 1.165) is 73.0 Å². The molecule has 0 fully saturated rings. The lowest BCUT2D eigenvalue weighted by atomic mass is 10.1. The van der Waals surface area contributed by atoms with Gasteiger partial charge in [0.1, 0.15) is 11.8 Å². The molecule has 10 rings (SSSR count). The third-order valence-corrected chi connectivity index (χ3v) is 9.56. The molecule has 6 heteroatoms. The Balaban J connectivity index is 1.49. The summed E-state index contributed by atoms with van der Waals surface area (Å²) in [5.74, 6) is 1.44. The minimum absolute atomic E-state index is 0.114. The van der Waals surface area contributed by atoms with Gasteiger partial charge in [-0.15, -0.1) is 0 Å². The Bertz CT molecular complexity index is 2690. The van der Waals surface area contributed by atoms with Crippen molar-refractivity contribution in [2.24, 2.45) is 0 Å². The summed E-state index contributed by atoms with van der Waals surface area (Å²) >= 11 is 0. The van der Waals surface area contributed by atoms with Gasteiger partial charge in [0, 0.05) is 32.1 Å². The Morgan fingerprint density at radius 2 is 0.851 bits per heavy atom. The summed E-state index contributed by atoms with van der Waals surface area (Å²) in [6, 6.07) is 44.6. The third kappa shape index (κ3) is 3.54. The molecule has 0 saturated carbocycles. The van der Waals surface area contributed by atoms with E-state index in [-0.39, 0.29) is 5.82 Å². The van der Waals surface area contributed by atoms with Crippen molar-refractivity contribution < 1.29 is 0 Å². The molecular formula is C41H26N6. The average Bonchev–Trinajstić information content (AvgIpc) is 3.77. The number of hydrogen-bond acceptors (Lipinski definition) is 3. The number of benzene rings is 5. The molecule has 0 spiro atoms. The van der Waals surface area contributed by atoms with E-state index >= 15 is 0 Å². The van der Waals surface area contributed by atoms with E-state index in [9.17, 15) is 5.26 Å². The highest BCUT2D eigenvalue weighted by Crippen LogP contribution is 2.38. The fourth-order valence-electron chi connectivity index (χ4n) is 7.68. The Morgan fingerprint density at radius 3 is 1.30 bits per heavy atom. The Morgan fingerprint density at radius 1 is 0.468 bits per heavy atom. The largest absolute Gasteiger partial charge is 0.303 e. The van der Waals surface area contributed by atoms with Crippen LogP contribution in [-0.4, -0.2) is 23.7 Å². The van der Waals surface area contributed by atoms with Crippen molar-refractivity contribution in [3.8, 4) is 23.4 Å². The maximum atomic E-state index is 10.5. The van der Waals surface area contributed by atoms with Crippen LogP contribution in [0.25, 0.3) is 84.0 Å². The molecule has 5 aromatic carbocycles. The van der Waals surface area contributed by atoms with Crippen molar-refractivity contribution in [1.29, 1.82) is 5.26 Å². The topological polar surface area (TPSA) is 64.4 Å². The zero-order valence-electron chi connectivity index (χ0n) is 25.3. The molecule has 0 saturated heterocycles. The van der Waals surface area contributed by atoms with Crippen molar-refractivity contribution in [3.05, 3.63) is 138 Å². The Hall–Kier alpha value is -6.45. The zero-order valence-corrected chi connectivity index (χ0v) is 25.3. The van der Waals surface area contributed by atoms with Crippen LogP contribution in [0.4, 0.5) is 0 Å². The van der Waals surface area contributed by atoms with Crippen LogP contribution in [0, 0.1) is 11.3 Å². The molecule has 0 bridgehead atoms. The van der Waals surface area contributed by atoms with E-state index in [1.54, 1.807) is 0 Å². The van der Waals surface area contributed by atoms with Crippen molar-refractivity contribution in [2.75, 3.05) is 0 Å². The fourth-order valence-corrected chi connectivity index (χ4v) is 7.68. The van der Waals surface area contributed by atoms with E-state index < -0.39 is 0 Å². The van der Waals surface area contributed by atoms with Gasteiger partial charge in [-0.2, -0.15) is 15.2 Å². The standard InChI is InChI=1S/C41H26N6/c42-25-38-43-40(46-34-21-9-3-15-28(34)29-16-4-10-22-35(29)46)39(45-32-19-7-1-13-26(32)27-14-2-8-20-33(27)45)41(44-38)47-36-23-11-5-17-30(36)31-18-6-12-24-37(31)47/h1,3-7,9-24H,2,8H2. The molecule has 0 unspecified atom stereocenters. The number of para-hydroxylation sites is 5. The molecule has 0 atom stereocenters. The molecule has 1 aliphatic rings. The predicted molar refractivity (Wildman–Crippen MR) is 190 cm³/mol. The monoisotopic (exact) mass is 602 g/mol. The highest BCUT2D eigenvalue weighted by Gasteiger charge is 2.27. The highest BCUT2D eigenvalue weighted by atomic mass is 15.2. The minimum Gasteiger partial charge on any atom is -0.303 e. The van der Waals surface area contributed by atoms with Crippen LogP contribution in [0.5, 0.6) is 0 Å². The molecule has 0 radical (unpaired) electrons. The van der Waals surface area contributed by atoms with Gasteiger partial charge in [-0.05, 0) is 43.2 Å². The lowest BCUT2D eigenvalue weighted by Gasteiger charge is -2.20. The maximum absolute atomic E-state index is 10.5. The van der Waals surface area contributed by atoms with E-state index in [0.29, 0.717) is 11.6 Å². The number of hydrogen-bond donors (Lipinski definition) is 0. The number of nitriles is 1. The third-order valence-electron chi connectivity index (χ3n) is 9.56. The van der Waals surface area contributed by atoms with E-state index in [1.165, 1.54) is 10.6 Å².